The third-order valence-electron chi connectivity index (χ3n) is 6.05. The second-order valence-corrected chi connectivity index (χ2v) is 8.56. The van der Waals surface area contributed by atoms with Crippen LogP contribution >= 0.6 is 11.6 Å². The molecule has 6 heteroatoms. The molecule has 1 aliphatic rings. The maximum absolute atomic E-state index is 11.6. The predicted molar refractivity (Wildman–Crippen MR) is 126 cm³/mol. The van der Waals surface area contributed by atoms with Gasteiger partial charge in [-0.25, -0.2) is 4.79 Å². The third kappa shape index (κ3) is 4.96. The summed E-state index contributed by atoms with van der Waals surface area (Å²) in [6, 6.07) is 19.1. The number of benzene rings is 3. The molecule has 0 fully saturated rings. The van der Waals surface area contributed by atoms with E-state index in [1.807, 2.05) is 24.3 Å². The molecule has 0 saturated carbocycles. The zero-order chi connectivity index (χ0) is 22.7. The fraction of sp³-hybridized carbons (Fsp3) is 0.269. The van der Waals surface area contributed by atoms with Gasteiger partial charge in [0, 0.05) is 17.6 Å². The minimum absolute atomic E-state index is 0.151. The van der Waals surface area contributed by atoms with E-state index in [2.05, 4.69) is 17.4 Å². The molecule has 3 aromatic rings. The van der Waals surface area contributed by atoms with Gasteiger partial charge >= 0.3 is 5.97 Å². The molecule has 1 aliphatic carbocycles. The first-order chi connectivity index (χ1) is 15.4. The minimum atomic E-state index is -1.01. The Labute approximate surface area is 192 Å². The molecule has 0 heterocycles. The molecule has 0 spiro atoms. The largest absolute Gasteiger partial charge is 0.496 e. The van der Waals surface area contributed by atoms with E-state index in [1.165, 1.54) is 18.2 Å². The van der Waals surface area contributed by atoms with Crippen molar-refractivity contribution in [3.63, 3.8) is 0 Å². The van der Waals surface area contributed by atoms with Gasteiger partial charge < -0.3 is 20.3 Å². The van der Waals surface area contributed by atoms with Crippen molar-refractivity contribution < 1.29 is 19.7 Å². The van der Waals surface area contributed by atoms with Gasteiger partial charge in [0.1, 0.15) is 11.3 Å². The van der Waals surface area contributed by atoms with Crippen LogP contribution in [0.3, 0.4) is 0 Å². The number of aliphatic hydroxyl groups is 1. The number of aryl methyl sites for hydroxylation is 1. The highest BCUT2D eigenvalue weighted by atomic mass is 35.5. The first kappa shape index (κ1) is 22.3. The molecule has 2 atom stereocenters. The summed E-state index contributed by atoms with van der Waals surface area (Å²) < 4.78 is 5.17. The van der Waals surface area contributed by atoms with Crippen molar-refractivity contribution in [2.24, 2.45) is 0 Å². The SMILES string of the molecule is COc1ccc(-c2ccc3c(c2)C[C@@H](NC[C@H](O)c2ccc(Cl)cc2)CC3)cc1C(=O)O. The molecular formula is C26H26ClNO4. The quantitative estimate of drug-likeness (QED) is 0.476. The molecule has 3 N–H and O–H groups in total. The monoisotopic (exact) mass is 451 g/mol. The van der Waals surface area contributed by atoms with Gasteiger partial charge in [-0.15, -0.1) is 0 Å². The summed E-state index contributed by atoms with van der Waals surface area (Å²) in [6.45, 7) is 0.474. The highest BCUT2D eigenvalue weighted by Gasteiger charge is 2.20. The lowest BCUT2D eigenvalue weighted by molar-refractivity contribution is 0.0693. The molecule has 0 amide bonds. The Morgan fingerprint density at radius 2 is 1.81 bits per heavy atom. The van der Waals surface area contributed by atoms with E-state index in [9.17, 15) is 15.0 Å². The zero-order valence-electron chi connectivity index (χ0n) is 17.8. The first-order valence-electron chi connectivity index (χ1n) is 10.6. The molecule has 3 aromatic carbocycles. The van der Waals surface area contributed by atoms with Gasteiger partial charge in [-0.3, -0.25) is 0 Å². The fourth-order valence-electron chi connectivity index (χ4n) is 4.25. The number of carbonyl (C=O) groups is 1. The van der Waals surface area contributed by atoms with Crippen molar-refractivity contribution in [2.45, 2.75) is 31.4 Å². The summed E-state index contributed by atoms with van der Waals surface area (Å²) >= 11 is 5.93. The van der Waals surface area contributed by atoms with Crippen LogP contribution in [0.1, 0.15) is 39.6 Å². The van der Waals surface area contributed by atoms with Crippen LogP contribution in [0.4, 0.5) is 0 Å². The summed E-state index contributed by atoms with van der Waals surface area (Å²) in [4.78, 5) is 11.6. The molecule has 0 saturated heterocycles. The highest BCUT2D eigenvalue weighted by molar-refractivity contribution is 6.30. The maximum Gasteiger partial charge on any atom is 0.339 e. The van der Waals surface area contributed by atoms with Crippen molar-refractivity contribution in [2.75, 3.05) is 13.7 Å². The average molecular weight is 452 g/mol. The summed E-state index contributed by atoms with van der Waals surface area (Å²) in [5, 5.41) is 24.1. The number of fused-ring (bicyclic) bond motifs is 1. The number of halogens is 1. The molecule has 5 nitrogen and oxygen atoms in total. The minimum Gasteiger partial charge on any atom is -0.496 e. The normalized spacial score (nSPS) is 16.3. The van der Waals surface area contributed by atoms with E-state index in [1.54, 1.807) is 24.3 Å². The number of aromatic carboxylic acids is 1. The number of hydrogen-bond acceptors (Lipinski definition) is 4. The Hall–Kier alpha value is -2.86. The van der Waals surface area contributed by atoms with Crippen LogP contribution in [0.2, 0.25) is 5.02 Å². The number of carboxylic acids is 1. The van der Waals surface area contributed by atoms with Crippen molar-refractivity contribution >= 4 is 17.6 Å². The van der Waals surface area contributed by atoms with Gasteiger partial charge in [0.15, 0.2) is 0 Å². The molecule has 4 rings (SSSR count). The van der Waals surface area contributed by atoms with Crippen LogP contribution in [0.25, 0.3) is 11.1 Å². The smallest absolute Gasteiger partial charge is 0.339 e. The molecule has 0 bridgehead atoms. The molecule has 0 radical (unpaired) electrons. The Balaban J connectivity index is 1.47. The summed E-state index contributed by atoms with van der Waals surface area (Å²) in [5.41, 5.74) is 5.39. The van der Waals surface area contributed by atoms with Crippen LogP contribution < -0.4 is 10.1 Å². The average Bonchev–Trinajstić information content (AvgIpc) is 2.82. The van der Waals surface area contributed by atoms with Gasteiger partial charge in [0.05, 0.1) is 13.2 Å². The molecule has 0 aromatic heterocycles. The summed E-state index contributed by atoms with van der Waals surface area (Å²) in [6.07, 6.45) is 2.24. The number of nitrogens with one attached hydrogen (secondary N) is 1. The predicted octanol–water partition coefficient (Wildman–Crippen LogP) is 4.89. The Bertz CT molecular complexity index is 1110. The molecule has 0 aliphatic heterocycles. The van der Waals surface area contributed by atoms with Gasteiger partial charge in [-0.1, -0.05) is 48.0 Å². The number of rotatable bonds is 7. The second kappa shape index (κ2) is 9.74. The van der Waals surface area contributed by atoms with Crippen LogP contribution in [-0.4, -0.2) is 35.9 Å². The molecule has 32 heavy (non-hydrogen) atoms. The molecular weight excluding hydrogens is 426 g/mol. The van der Waals surface area contributed by atoms with Gasteiger partial charge in [0.25, 0.3) is 0 Å². The third-order valence-corrected chi connectivity index (χ3v) is 6.30. The highest BCUT2D eigenvalue weighted by Crippen LogP contribution is 2.31. The Morgan fingerprint density at radius 1 is 1.09 bits per heavy atom. The molecule has 0 unspecified atom stereocenters. The van der Waals surface area contributed by atoms with Crippen LogP contribution in [0.15, 0.2) is 60.7 Å². The van der Waals surface area contributed by atoms with Crippen LogP contribution in [-0.2, 0) is 12.8 Å². The number of methoxy groups -OCH3 is 1. The number of carboxylic acid groups (broad SMARTS) is 1. The van der Waals surface area contributed by atoms with E-state index in [4.69, 9.17) is 16.3 Å². The van der Waals surface area contributed by atoms with E-state index in [0.29, 0.717) is 17.3 Å². The van der Waals surface area contributed by atoms with Crippen LogP contribution in [0, 0.1) is 0 Å². The van der Waals surface area contributed by atoms with Crippen LogP contribution in [0.5, 0.6) is 5.75 Å². The summed E-state index contributed by atoms with van der Waals surface area (Å²) in [5.74, 6) is -0.659. The lowest BCUT2D eigenvalue weighted by Gasteiger charge is -2.27. The zero-order valence-corrected chi connectivity index (χ0v) is 18.6. The van der Waals surface area contributed by atoms with Crippen molar-refractivity contribution in [1.29, 1.82) is 0 Å². The van der Waals surface area contributed by atoms with Crippen molar-refractivity contribution in [3.8, 4) is 16.9 Å². The van der Waals surface area contributed by atoms with E-state index in [0.717, 1.165) is 36.0 Å². The van der Waals surface area contributed by atoms with E-state index < -0.39 is 12.1 Å². The fourth-order valence-corrected chi connectivity index (χ4v) is 4.37. The van der Waals surface area contributed by atoms with E-state index in [-0.39, 0.29) is 11.6 Å². The second-order valence-electron chi connectivity index (χ2n) is 8.12. The summed E-state index contributed by atoms with van der Waals surface area (Å²) in [7, 11) is 1.47. The molecule has 166 valence electrons. The Morgan fingerprint density at radius 3 is 2.53 bits per heavy atom. The lowest BCUT2D eigenvalue weighted by Crippen LogP contribution is -2.37. The number of ether oxygens (including phenoxy) is 1. The Kier molecular flexibility index (Phi) is 6.80. The lowest BCUT2D eigenvalue weighted by atomic mass is 9.86. The van der Waals surface area contributed by atoms with Gasteiger partial charge in [-0.05, 0) is 71.3 Å². The van der Waals surface area contributed by atoms with Crippen molar-refractivity contribution in [3.05, 3.63) is 87.9 Å². The van der Waals surface area contributed by atoms with Crippen molar-refractivity contribution in [1.82, 2.24) is 5.32 Å². The standard InChI is InChI=1S/C26H26ClNO4/c1-32-25-11-7-19(14-23(25)26(30)31)18-3-2-16-6-10-22(13-20(16)12-18)28-15-24(29)17-4-8-21(27)9-5-17/h2-5,7-9,11-12,14,22,24,28-29H,6,10,13,15H2,1H3,(H,30,31)/t22-,24-/m0/s1. The number of hydrogen-bond donors (Lipinski definition) is 3. The maximum atomic E-state index is 11.6. The topological polar surface area (TPSA) is 78.8 Å². The van der Waals surface area contributed by atoms with E-state index >= 15 is 0 Å². The first-order valence-corrected chi connectivity index (χ1v) is 11.0. The van der Waals surface area contributed by atoms with Gasteiger partial charge in [0.2, 0.25) is 0 Å². The van der Waals surface area contributed by atoms with Gasteiger partial charge in [-0.2, -0.15) is 0 Å². The number of aliphatic hydroxyl groups excluding tert-OH is 1.